The maximum Gasteiger partial charge on any atom is 1.00 e. The van der Waals surface area contributed by atoms with Crippen molar-refractivity contribution in [1.82, 2.24) is 0 Å². The quantitative estimate of drug-likeness (QED) is 0.321. The minimum absolute atomic E-state index is 0. The maximum atomic E-state index is 9.83. The van der Waals surface area contributed by atoms with Gasteiger partial charge in [-0.05, 0) is 0 Å². The van der Waals surface area contributed by atoms with E-state index in [1.54, 1.807) is 0 Å². The van der Waals surface area contributed by atoms with E-state index in [9.17, 15) is 9.59 Å². The molecule has 3 N–H and O–H groups in total. The van der Waals surface area contributed by atoms with E-state index < -0.39 is 12.0 Å². The van der Waals surface area contributed by atoms with E-state index in [1.165, 1.54) is 6.29 Å². The van der Waals surface area contributed by atoms with Gasteiger partial charge in [0, 0.05) is 6.42 Å². The van der Waals surface area contributed by atoms with Crippen molar-refractivity contribution in [2.24, 2.45) is 5.73 Å². The topological polar surface area (TPSA) is 80.4 Å². The Morgan fingerprint density at radius 3 is 2.50 bits per heavy atom. The van der Waals surface area contributed by atoms with Crippen molar-refractivity contribution in [1.29, 1.82) is 0 Å². The Bertz CT molecular complexity index is 117. The summed E-state index contributed by atoms with van der Waals surface area (Å²) in [6.07, 6.45) is 1.58. The van der Waals surface area contributed by atoms with Gasteiger partial charge in [-0.3, -0.25) is 4.79 Å². The van der Waals surface area contributed by atoms with E-state index in [4.69, 9.17) is 10.8 Å². The number of hydrogen-bond donors (Lipinski definition) is 2. The molecule has 0 aliphatic carbocycles. The molecule has 0 spiro atoms. The number of carbonyl (C=O) groups excluding carboxylic acids is 1. The van der Waals surface area contributed by atoms with Crippen LogP contribution in [-0.4, -0.2) is 23.4 Å². The van der Waals surface area contributed by atoms with Crippen LogP contribution in [0.15, 0.2) is 0 Å². The van der Waals surface area contributed by atoms with Crippen LogP contribution in [0.3, 0.4) is 0 Å². The second-order valence-electron chi connectivity index (χ2n) is 1.66. The predicted octanol–water partition coefficient (Wildman–Crippen LogP) is -3.71. The summed E-state index contributed by atoms with van der Waals surface area (Å²) in [5.41, 5.74) is 5.03. The number of carboxylic acid groups (broad SMARTS) is 1. The molecule has 0 aliphatic rings. The smallest absolute Gasteiger partial charge is 0.540 e. The van der Waals surface area contributed by atoms with Crippen LogP contribution in [0.1, 0.15) is 12.8 Å². The average molecular weight is 153 g/mol. The summed E-state index contributed by atoms with van der Waals surface area (Å²) < 4.78 is 0. The van der Waals surface area contributed by atoms with E-state index >= 15 is 0 Å². The number of nitrogens with two attached hydrogens (primary N) is 1. The molecule has 0 bridgehead atoms. The van der Waals surface area contributed by atoms with Crippen LogP contribution in [-0.2, 0) is 9.59 Å². The first-order valence-electron chi connectivity index (χ1n) is 2.52. The zero-order valence-electron chi connectivity index (χ0n) is 5.83. The Hall–Kier alpha value is 0.100. The minimum Gasteiger partial charge on any atom is -0.540 e. The van der Waals surface area contributed by atoms with Crippen molar-refractivity contribution in [3.63, 3.8) is 0 Å². The maximum absolute atomic E-state index is 9.83. The van der Waals surface area contributed by atoms with E-state index in [0.717, 1.165) is 0 Å². The number of aliphatic carboxylic acids is 1. The van der Waals surface area contributed by atoms with Gasteiger partial charge in [0.2, 0.25) is 0 Å². The van der Waals surface area contributed by atoms with Gasteiger partial charge in [0.25, 0.3) is 0 Å². The molecule has 1 unspecified atom stereocenters. The molecule has 0 saturated carbocycles. The molecule has 0 amide bonds. The third kappa shape index (κ3) is 8.10. The van der Waals surface area contributed by atoms with Crippen LogP contribution in [0.25, 0.3) is 0 Å². The van der Waals surface area contributed by atoms with Crippen molar-refractivity contribution in [3.8, 4) is 0 Å². The molecule has 10 heavy (non-hydrogen) atoms. The van der Waals surface area contributed by atoms with Crippen molar-refractivity contribution in [3.05, 3.63) is 0 Å². The summed E-state index contributed by atoms with van der Waals surface area (Å²) in [7, 11) is 0. The van der Waals surface area contributed by atoms with E-state index in [0.29, 0.717) is 0 Å². The van der Waals surface area contributed by atoms with Gasteiger partial charge in [-0.25, -0.2) is 6.29 Å². The molecule has 0 aliphatic heterocycles. The van der Waals surface area contributed by atoms with Crippen molar-refractivity contribution in [2.45, 2.75) is 18.9 Å². The standard InChI is InChI=1S/C5H8NO3.Na/c6-4(3-7)1-2-5(8)9;/h4H,1-2,6H2,(H,8,9);/q-1;+1. The van der Waals surface area contributed by atoms with E-state index in [2.05, 4.69) is 0 Å². The van der Waals surface area contributed by atoms with Crippen molar-refractivity contribution >= 4 is 12.3 Å². The van der Waals surface area contributed by atoms with E-state index in [1.807, 2.05) is 0 Å². The number of rotatable bonds is 4. The molecule has 0 rings (SSSR count). The summed E-state index contributed by atoms with van der Waals surface area (Å²) in [5, 5.41) is 8.07. The Morgan fingerprint density at radius 2 is 2.20 bits per heavy atom. The second-order valence-corrected chi connectivity index (χ2v) is 1.66. The molecule has 0 heterocycles. The van der Waals surface area contributed by atoms with Crippen LogP contribution in [0.5, 0.6) is 0 Å². The van der Waals surface area contributed by atoms with E-state index in [-0.39, 0.29) is 42.4 Å². The molecule has 4 nitrogen and oxygen atoms in total. The van der Waals surface area contributed by atoms with Crippen LogP contribution in [0, 0.1) is 0 Å². The largest absolute Gasteiger partial charge is 1.00 e. The number of hydrogen-bond acceptors (Lipinski definition) is 3. The Balaban J connectivity index is 0. The van der Waals surface area contributed by atoms with Gasteiger partial charge >= 0.3 is 35.5 Å². The molecule has 0 radical (unpaired) electrons. The monoisotopic (exact) mass is 153 g/mol. The van der Waals surface area contributed by atoms with Crippen LogP contribution in [0.2, 0.25) is 0 Å². The van der Waals surface area contributed by atoms with Gasteiger partial charge in [-0.15, -0.1) is 0 Å². The fourth-order valence-corrected chi connectivity index (χ4v) is 0.338. The molecule has 1 atom stereocenters. The second kappa shape index (κ2) is 7.21. The molecule has 0 aromatic carbocycles. The van der Waals surface area contributed by atoms with Crippen LogP contribution in [0.4, 0.5) is 0 Å². The third-order valence-corrected chi connectivity index (χ3v) is 0.821. The fraction of sp³-hybridized carbons (Fsp3) is 0.600. The van der Waals surface area contributed by atoms with Crippen molar-refractivity contribution < 1.29 is 44.3 Å². The molecule has 0 aromatic heterocycles. The summed E-state index contributed by atoms with van der Waals surface area (Å²) in [4.78, 5) is 19.5. The van der Waals surface area contributed by atoms with Gasteiger partial charge in [0.1, 0.15) is 0 Å². The Morgan fingerprint density at radius 1 is 1.70 bits per heavy atom. The first-order chi connectivity index (χ1) is 4.16. The summed E-state index contributed by atoms with van der Waals surface area (Å²) in [6.45, 7) is 0. The molecule has 0 saturated heterocycles. The van der Waals surface area contributed by atoms with Gasteiger partial charge in [0.15, 0.2) is 0 Å². The normalized spacial score (nSPS) is 11.3. The first-order valence-corrected chi connectivity index (χ1v) is 2.52. The third-order valence-electron chi connectivity index (χ3n) is 0.821. The molecule has 5 heteroatoms. The summed E-state index contributed by atoms with van der Waals surface area (Å²) >= 11 is 0. The van der Waals surface area contributed by atoms with Crippen LogP contribution < -0.4 is 35.3 Å². The van der Waals surface area contributed by atoms with Crippen molar-refractivity contribution in [2.75, 3.05) is 0 Å². The summed E-state index contributed by atoms with van der Waals surface area (Å²) in [5.74, 6) is -0.944. The SMILES string of the molecule is NC([C-]=O)CCC(=O)O.[Na+]. The predicted molar refractivity (Wildman–Crippen MR) is 30.5 cm³/mol. The van der Waals surface area contributed by atoms with Crippen LogP contribution >= 0.6 is 0 Å². The zero-order chi connectivity index (χ0) is 7.28. The fourth-order valence-electron chi connectivity index (χ4n) is 0.338. The summed E-state index contributed by atoms with van der Waals surface area (Å²) in [6, 6.07) is -0.749. The van der Waals surface area contributed by atoms with Gasteiger partial charge in [-0.1, -0.05) is 12.5 Å². The average Bonchev–Trinajstić information content (AvgIpc) is 1.83. The minimum atomic E-state index is -0.944. The first kappa shape index (κ1) is 12.7. The molecule has 0 fully saturated rings. The molecule has 52 valence electrons. The number of carbonyl (C=O) groups is 1. The van der Waals surface area contributed by atoms with Gasteiger partial charge in [-0.2, -0.15) is 0 Å². The molecular formula is C5H8NNaO3. The Kier molecular flexibility index (Phi) is 9.19. The Labute approximate surface area is 81.1 Å². The molecule has 0 aromatic rings. The molecular weight excluding hydrogens is 145 g/mol. The zero-order valence-corrected chi connectivity index (χ0v) is 7.83. The number of carboxylic acids is 1. The van der Waals surface area contributed by atoms with Gasteiger partial charge < -0.3 is 15.6 Å². The van der Waals surface area contributed by atoms with Gasteiger partial charge in [0.05, 0.1) is 0 Å².